The van der Waals surface area contributed by atoms with Crippen molar-refractivity contribution in [1.29, 1.82) is 0 Å². The van der Waals surface area contributed by atoms with Crippen LogP contribution in [0.2, 0.25) is 0 Å². The number of aromatic nitrogens is 2. The Balaban J connectivity index is 2.08. The Kier molecular flexibility index (Phi) is 5.36. The van der Waals surface area contributed by atoms with E-state index in [1.807, 2.05) is 26.8 Å². The largest absolute Gasteiger partial charge is 0.444 e. The van der Waals surface area contributed by atoms with Crippen LogP contribution in [-0.2, 0) is 10.3 Å². The van der Waals surface area contributed by atoms with E-state index in [1.54, 1.807) is 23.4 Å². The number of nitrogens with zero attached hydrogens (tertiary/aromatic N) is 3. The van der Waals surface area contributed by atoms with Crippen molar-refractivity contribution in [3.05, 3.63) is 36.9 Å². The second-order valence-electron chi connectivity index (χ2n) is 6.79. The van der Waals surface area contributed by atoms with Crippen molar-refractivity contribution in [2.75, 3.05) is 19.6 Å². The van der Waals surface area contributed by atoms with Gasteiger partial charge in [-0.3, -0.25) is 0 Å². The predicted octanol–water partition coefficient (Wildman–Crippen LogP) is 2.48. The lowest BCUT2D eigenvalue weighted by atomic mass is 9.86. The summed E-state index contributed by atoms with van der Waals surface area (Å²) in [5, 5.41) is 3.49. The summed E-state index contributed by atoms with van der Waals surface area (Å²) in [5.74, 6) is 0.769. The van der Waals surface area contributed by atoms with E-state index in [0.29, 0.717) is 19.6 Å². The van der Waals surface area contributed by atoms with E-state index in [4.69, 9.17) is 4.74 Å². The van der Waals surface area contributed by atoms with Crippen LogP contribution in [0.4, 0.5) is 4.79 Å². The van der Waals surface area contributed by atoms with E-state index >= 15 is 0 Å². The smallest absolute Gasteiger partial charge is 0.410 e. The third kappa shape index (κ3) is 4.51. The maximum atomic E-state index is 12.2. The number of ether oxygens (including phenoxy) is 1. The first kappa shape index (κ1) is 17.4. The summed E-state index contributed by atoms with van der Waals surface area (Å²) in [7, 11) is 0. The van der Waals surface area contributed by atoms with E-state index in [2.05, 4.69) is 21.9 Å². The zero-order valence-corrected chi connectivity index (χ0v) is 14.2. The maximum Gasteiger partial charge on any atom is 0.410 e. The molecule has 1 aromatic heterocycles. The fourth-order valence-electron chi connectivity index (χ4n) is 2.69. The van der Waals surface area contributed by atoms with Gasteiger partial charge in [0.2, 0.25) is 0 Å². The van der Waals surface area contributed by atoms with Crippen molar-refractivity contribution in [3.63, 3.8) is 0 Å². The number of piperidine rings is 1. The molecule has 1 fully saturated rings. The van der Waals surface area contributed by atoms with E-state index in [0.717, 1.165) is 18.7 Å². The van der Waals surface area contributed by atoms with Crippen molar-refractivity contribution in [2.45, 2.75) is 44.8 Å². The molecular formula is C17H26N4O2. The van der Waals surface area contributed by atoms with Gasteiger partial charge < -0.3 is 15.0 Å². The van der Waals surface area contributed by atoms with Gasteiger partial charge in [-0.1, -0.05) is 6.08 Å². The number of amides is 1. The molecule has 1 aliphatic rings. The Hall–Kier alpha value is -1.95. The molecule has 126 valence electrons. The van der Waals surface area contributed by atoms with Crippen LogP contribution in [-0.4, -0.2) is 46.2 Å². The summed E-state index contributed by atoms with van der Waals surface area (Å²) in [4.78, 5) is 22.8. The molecule has 6 heteroatoms. The molecule has 0 spiro atoms. The molecule has 1 aliphatic heterocycles. The molecule has 2 heterocycles. The molecule has 23 heavy (non-hydrogen) atoms. The Bertz CT molecular complexity index is 531. The van der Waals surface area contributed by atoms with E-state index < -0.39 is 5.60 Å². The summed E-state index contributed by atoms with van der Waals surface area (Å²) in [5.41, 5.74) is -0.802. The number of hydrogen-bond acceptors (Lipinski definition) is 5. The van der Waals surface area contributed by atoms with Gasteiger partial charge in [0, 0.05) is 32.0 Å². The number of nitrogens with one attached hydrogen (secondary N) is 1. The minimum atomic E-state index is -0.477. The monoisotopic (exact) mass is 318 g/mol. The van der Waals surface area contributed by atoms with Crippen LogP contribution in [0.15, 0.2) is 31.1 Å². The molecule has 1 saturated heterocycles. The van der Waals surface area contributed by atoms with Gasteiger partial charge in [-0.15, -0.1) is 6.58 Å². The van der Waals surface area contributed by atoms with E-state index in [-0.39, 0.29) is 11.6 Å². The first-order valence-electron chi connectivity index (χ1n) is 7.98. The number of likely N-dealkylation sites (tertiary alicyclic amines) is 1. The Morgan fingerprint density at radius 1 is 1.39 bits per heavy atom. The van der Waals surface area contributed by atoms with Crippen LogP contribution < -0.4 is 5.32 Å². The molecule has 0 radical (unpaired) electrons. The van der Waals surface area contributed by atoms with Crippen LogP contribution in [0.1, 0.15) is 39.4 Å². The molecule has 0 bridgehead atoms. The summed E-state index contributed by atoms with van der Waals surface area (Å²) >= 11 is 0. The van der Waals surface area contributed by atoms with Gasteiger partial charge in [0.05, 0.1) is 5.54 Å². The summed E-state index contributed by atoms with van der Waals surface area (Å²) in [6.45, 7) is 11.3. The van der Waals surface area contributed by atoms with Crippen LogP contribution >= 0.6 is 0 Å². The zero-order chi connectivity index (χ0) is 16.9. The first-order chi connectivity index (χ1) is 10.9. The molecule has 0 unspecified atom stereocenters. The predicted molar refractivity (Wildman–Crippen MR) is 89.0 cm³/mol. The van der Waals surface area contributed by atoms with Crippen molar-refractivity contribution in [3.8, 4) is 0 Å². The quantitative estimate of drug-likeness (QED) is 0.864. The second kappa shape index (κ2) is 7.08. The van der Waals surface area contributed by atoms with Gasteiger partial charge in [0.25, 0.3) is 0 Å². The lowest BCUT2D eigenvalue weighted by molar-refractivity contribution is 0.0139. The number of carbonyl (C=O) groups excluding carboxylic acids is 1. The van der Waals surface area contributed by atoms with Crippen LogP contribution in [0.3, 0.4) is 0 Å². The molecule has 1 aromatic rings. The SMILES string of the molecule is C=CCNC1(c2ncccn2)CCN(C(=O)OC(C)(C)C)CC1. The van der Waals surface area contributed by atoms with Crippen molar-refractivity contribution in [2.24, 2.45) is 0 Å². The molecule has 0 saturated carbocycles. The van der Waals surface area contributed by atoms with E-state index in [9.17, 15) is 4.79 Å². The average molecular weight is 318 g/mol. The highest BCUT2D eigenvalue weighted by molar-refractivity contribution is 5.68. The van der Waals surface area contributed by atoms with Crippen LogP contribution in [0.25, 0.3) is 0 Å². The molecule has 0 aliphatic carbocycles. The Labute approximate surface area is 138 Å². The lowest BCUT2D eigenvalue weighted by Gasteiger charge is -2.41. The highest BCUT2D eigenvalue weighted by Gasteiger charge is 2.39. The molecule has 0 aromatic carbocycles. The van der Waals surface area contributed by atoms with Gasteiger partial charge in [0.15, 0.2) is 0 Å². The third-order valence-electron chi connectivity index (χ3n) is 3.85. The molecular weight excluding hydrogens is 292 g/mol. The first-order valence-corrected chi connectivity index (χ1v) is 7.98. The number of hydrogen-bond donors (Lipinski definition) is 1. The normalized spacial score (nSPS) is 17.6. The fraction of sp³-hybridized carbons (Fsp3) is 0.588. The standard InChI is InChI=1S/C17H26N4O2/c1-5-9-20-17(14-18-10-6-11-19-14)7-12-21(13-8-17)15(22)23-16(2,3)4/h5-6,10-11,20H,1,7-9,12-13H2,2-4H3. The van der Waals surface area contributed by atoms with Gasteiger partial charge >= 0.3 is 6.09 Å². The van der Waals surface area contributed by atoms with Crippen molar-refractivity contribution in [1.82, 2.24) is 20.2 Å². The van der Waals surface area contributed by atoms with Gasteiger partial charge in [-0.05, 0) is 39.7 Å². The Morgan fingerprint density at radius 3 is 2.52 bits per heavy atom. The van der Waals surface area contributed by atoms with Crippen molar-refractivity contribution < 1.29 is 9.53 Å². The average Bonchev–Trinajstić information content (AvgIpc) is 2.52. The zero-order valence-electron chi connectivity index (χ0n) is 14.2. The Morgan fingerprint density at radius 2 is 2.00 bits per heavy atom. The number of rotatable bonds is 4. The van der Waals surface area contributed by atoms with Crippen LogP contribution in [0, 0.1) is 0 Å². The molecule has 2 rings (SSSR count). The summed E-state index contributed by atoms with van der Waals surface area (Å²) in [6, 6.07) is 1.81. The molecule has 0 atom stereocenters. The molecule has 1 N–H and O–H groups in total. The summed E-state index contributed by atoms with van der Waals surface area (Å²) < 4.78 is 5.45. The van der Waals surface area contributed by atoms with Gasteiger partial charge in [-0.25, -0.2) is 14.8 Å². The van der Waals surface area contributed by atoms with Gasteiger partial charge in [0.1, 0.15) is 11.4 Å². The number of carbonyl (C=O) groups is 1. The third-order valence-corrected chi connectivity index (χ3v) is 3.85. The molecule has 6 nitrogen and oxygen atoms in total. The van der Waals surface area contributed by atoms with Crippen molar-refractivity contribution >= 4 is 6.09 Å². The minimum Gasteiger partial charge on any atom is -0.444 e. The topological polar surface area (TPSA) is 67.4 Å². The van der Waals surface area contributed by atoms with Crippen LogP contribution in [0.5, 0.6) is 0 Å². The maximum absolute atomic E-state index is 12.2. The van der Waals surface area contributed by atoms with E-state index in [1.165, 1.54) is 0 Å². The molecule has 1 amide bonds. The highest BCUT2D eigenvalue weighted by Crippen LogP contribution is 2.31. The fourth-order valence-corrected chi connectivity index (χ4v) is 2.69. The lowest BCUT2D eigenvalue weighted by Crippen LogP contribution is -2.53. The minimum absolute atomic E-state index is 0.260. The van der Waals surface area contributed by atoms with Gasteiger partial charge in [-0.2, -0.15) is 0 Å². The second-order valence-corrected chi connectivity index (χ2v) is 6.79. The summed E-state index contributed by atoms with van der Waals surface area (Å²) in [6.07, 6.45) is 6.54. The highest BCUT2D eigenvalue weighted by atomic mass is 16.6.